The summed E-state index contributed by atoms with van der Waals surface area (Å²) >= 11 is 0. The van der Waals surface area contributed by atoms with E-state index in [1.54, 1.807) is 0 Å². The second-order valence-electron chi connectivity index (χ2n) is 5.99. The number of cyclic esters (lactones) is 1. The Kier molecular flexibility index (Phi) is 4.44. The Morgan fingerprint density at radius 2 is 2.00 bits per heavy atom. The predicted molar refractivity (Wildman–Crippen MR) is 81.8 cm³/mol. The highest BCUT2D eigenvalue weighted by Gasteiger charge is 2.40. The minimum absolute atomic E-state index is 0.132. The zero-order valence-corrected chi connectivity index (χ0v) is 12.7. The van der Waals surface area contributed by atoms with Crippen LogP contribution in [-0.4, -0.2) is 41.3 Å². The van der Waals surface area contributed by atoms with E-state index in [-0.39, 0.29) is 12.1 Å². The van der Waals surface area contributed by atoms with Crippen molar-refractivity contribution in [2.45, 2.75) is 51.1 Å². The molecule has 1 amide bonds. The van der Waals surface area contributed by atoms with E-state index >= 15 is 0 Å². The van der Waals surface area contributed by atoms with Gasteiger partial charge in [-0.2, -0.15) is 0 Å². The molecule has 2 aliphatic rings. The maximum absolute atomic E-state index is 12.2. The van der Waals surface area contributed by atoms with Gasteiger partial charge >= 0.3 is 6.09 Å². The molecule has 21 heavy (non-hydrogen) atoms. The van der Waals surface area contributed by atoms with Crippen LogP contribution in [0.1, 0.15) is 38.2 Å². The molecule has 0 saturated carbocycles. The normalized spacial score (nSPS) is 26.9. The first-order chi connectivity index (χ1) is 10.3. The molecule has 2 atom stereocenters. The highest BCUT2D eigenvalue weighted by atomic mass is 16.6. The van der Waals surface area contributed by atoms with Gasteiger partial charge in [0.05, 0.1) is 6.04 Å². The Labute approximate surface area is 126 Å². The molecule has 2 aliphatic heterocycles. The van der Waals surface area contributed by atoms with Crippen LogP contribution in [0.4, 0.5) is 4.79 Å². The third kappa shape index (κ3) is 3.05. The molecule has 0 aromatic heterocycles. The number of hydrazine groups is 1. The second kappa shape index (κ2) is 6.48. The Bertz CT molecular complexity index is 477. The molecule has 2 fully saturated rings. The second-order valence-corrected chi connectivity index (χ2v) is 5.99. The summed E-state index contributed by atoms with van der Waals surface area (Å²) in [6, 6.07) is 11.0. The van der Waals surface area contributed by atoms with Gasteiger partial charge in [-0.3, -0.25) is 0 Å². The van der Waals surface area contributed by atoms with Crippen LogP contribution < -0.4 is 0 Å². The van der Waals surface area contributed by atoms with Crippen molar-refractivity contribution in [2.75, 3.05) is 13.2 Å². The predicted octanol–water partition coefficient (Wildman–Crippen LogP) is 3.23. The highest BCUT2D eigenvalue weighted by molar-refractivity contribution is 5.69. The lowest BCUT2D eigenvalue weighted by atomic mass is 10.0. The van der Waals surface area contributed by atoms with Crippen LogP contribution in [0.15, 0.2) is 30.3 Å². The molecule has 1 aromatic rings. The van der Waals surface area contributed by atoms with E-state index in [1.165, 1.54) is 24.8 Å². The molecular formula is C17H24N2O2. The number of amides is 1. The standard InChI is InChI=1S/C17H24N2O2/c1-2-15-10-6-7-11-18(15)19-16(13-21-17(19)20)12-14-8-4-3-5-9-14/h3-5,8-9,15-16H,2,6-7,10-13H2,1H3/t15-,16-/m0/s1. The molecule has 0 bridgehead atoms. The average Bonchev–Trinajstić information content (AvgIpc) is 2.89. The molecule has 3 rings (SSSR count). The van der Waals surface area contributed by atoms with Gasteiger partial charge in [-0.25, -0.2) is 14.8 Å². The summed E-state index contributed by atoms with van der Waals surface area (Å²) < 4.78 is 5.34. The van der Waals surface area contributed by atoms with Gasteiger partial charge < -0.3 is 4.74 Å². The number of benzene rings is 1. The maximum atomic E-state index is 12.2. The summed E-state index contributed by atoms with van der Waals surface area (Å²) in [6.07, 6.45) is 5.38. The number of hydrogen-bond donors (Lipinski definition) is 0. The number of ether oxygens (including phenoxy) is 1. The quantitative estimate of drug-likeness (QED) is 0.852. The summed E-state index contributed by atoms with van der Waals surface area (Å²) in [6.45, 7) is 3.68. The molecule has 4 nitrogen and oxygen atoms in total. The van der Waals surface area contributed by atoms with Gasteiger partial charge in [-0.1, -0.05) is 43.7 Å². The fourth-order valence-electron chi connectivity index (χ4n) is 3.48. The first kappa shape index (κ1) is 14.4. The lowest BCUT2D eigenvalue weighted by molar-refractivity contribution is -0.0564. The van der Waals surface area contributed by atoms with E-state index < -0.39 is 0 Å². The smallest absolute Gasteiger partial charge is 0.424 e. The molecule has 0 N–H and O–H groups in total. The van der Waals surface area contributed by atoms with E-state index in [4.69, 9.17) is 4.74 Å². The van der Waals surface area contributed by atoms with Crippen molar-refractivity contribution in [3.8, 4) is 0 Å². The number of hydrogen-bond acceptors (Lipinski definition) is 3. The van der Waals surface area contributed by atoms with Crippen LogP contribution in [-0.2, 0) is 11.2 Å². The van der Waals surface area contributed by atoms with Gasteiger partial charge in [0, 0.05) is 12.6 Å². The lowest BCUT2D eigenvalue weighted by Crippen LogP contribution is -2.55. The number of rotatable bonds is 4. The van der Waals surface area contributed by atoms with Gasteiger partial charge in [-0.15, -0.1) is 0 Å². The largest absolute Gasteiger partial charge is 0.446 e. The van der Waals surface area contributed by atoms with Crippen LogP contribution >= 0.6 is 0 Å². The maximum Gasteiger partial charge on any atom is 0.424 e. The number of nitrogens with zero attached hydrogens (tertiary/aromatic N) is 2. The molecule has 0 spiro atoms. The number of carbonyl (C=O) groups excluding carboxylic acids is 1. The first-order valence-electron chi connectivity index (χ1n) is 8.06. The molecule has 114 valence electrons. The van der Waals surface area contributed by atoms with Crippen LogP contribution in [0.5, 0.6) is 0 Å². The van der Waals surface area contributed by atoms with E-state index in [0.717, 1.165) is 19.4 Å². The van der Waals surface area contributed by atoms with Crippen molar-refractivity contribution in [1.29, 1.82) is 0 Å². The molecule has 4 heteroatoms. The molecule has 0 aliphatic carbocycles. The molecule has 2 heterocycles. The van der Waals surface area contributed by atoms with Gasteiger partial charge in [0.25, 0.3) is 0 Å². The van der Waals surface area contributed by atoms with Crippen molar-refractivity contribution < 1.29 is 9.53 Å². The zero-order chi connectivity index (χ0) is 14.7. The highest BCUT2D eigenvalue weighted by Crippen LogP contribution is 2.27. The molecule has 2 saturated heterocycles. The number of piperidine rings is 1. The minimum atomic E-state index is -0.170. The lowest BCUT2D eigenvalue weighted by Gasteiger charge is -2.42. The van der Waals surface area contributed by atoms with Crippen LogP contribution in [0.3, 0.4) is 0 Å². The Morgan fingerprint density at radius 3 is 2.76 bits per heavy atom. The van der Waals surface area contributed by atoms with E-state index in [2.05, 4.69) is 24.1 Å². The van der Waals surface area contributed by atoms with Gasteiger partial charge in [-0.05, 0) is 31.2 Å². The topological polar surface area (TPSA) is 32.8 Å². The van der Waals surface area contributed by atoms with Crippen molar-refractivity contribution in [1.82, 2.24) is 10.0 Å². The monoisotopic (exact) mass is 288 g/mol. The van der Waals surface area contributed by atoms with Crippen molar-refractivity contribution in [3.63, 3.8) is 0 Å². The summed E-state index contributed by atoms with van der Waals surface area (Å²) in [5.74, 6) is 0. The van der Waals surface area contributed by atoms with E-state index in [0.29, 0.717) is 12.6 Å². The summed E-state index contributed by atoms with van der Waals surface area (Å²) in [4.78, 5) is 12.2. The van der Waals surface area contributed by atoms with Gasteiger partial charge in [0.15, 0.2) is 0 Å². The first-order valence-corrected chi connectivity index (χ1v) is 8.06. The van der Waals surface area contributed by atoms with E-state index in [1.807, 2.05) is 23.2 Å². The third-order valence-corrected chi connectivity index (χ3v) is 4.59. The molecular weight excluding hydrogens is 264 g/mol. The fourth-order valence-corrected chi connectivity index (χ4v) is 3.48. The Balaban J connectivity index is 1.75. The Morgan fingerprint density at radius 1 is 1.19 bits per heavy atom. The number of carbonyl (C=O) groups is 1. The molecule has 1 aromatic carbocycles. The van der Waals surface area contributed by atoms with Crippen molar-refractivity contribution in [3.05, 3.63) is 35.9 Å². The Hall–Kier alpha value is -1.55. The summed E-state index contributed by atoms with van der Waals surface area (Å²) in [7, 11) is 0. The molecule has 0 unspecified atom stereocenters. The fraction of sp³-hybridized carbons (Fsp3) is 0.588. The zero-order valence-electron chi connectivity index (χ0n) is 12.7. The average molecular weight is 288 g/mol. The summed E-state index contributed by atoms with van der Waals surface area (Å²) in [5, 5.41) is 4.17. The SMILES string of the molecule is CC[C@H]1CCCCN1N1C(=O)OC[C@@H]1Cc1ccccc1. The van der Waals surface area contributed by atoms with Crippen LogP contribution in [0, 0.1) is 0 Å². The van der Waals surface area contributed by atoms with Gasteiger partial charge in [0.2, 0.25) is 0 Å². The van der Waals surface area contributed by atoms with Crippen LogP contribution in [0.25, 0.3) is 0 Å². The van der Waals surface area contributed by atoms with Crippen molar-refractivity contribution >= 4 is 6.09 Å². The van der Waals surface area contributed by atoms with E-state index in [9.17, 15) is 4.79 Å². The van der Waals surface area contributed by atoms with Gasteiger partial charge in [0.1, 0.15) is 6.61 Å². The van der Waals surface area contributed by atoms with Crippen LogP contribution in [0.2, 0.25) is 0 Å². The third-order valence-electron chi connectivity index (χ3n) is 4.59. The molecule has 0 radical (unpaired) electrons. The van der Waals surface area contributed by atoms with Crippen molar-refractivity contribution in [2.24, 2.45) is 0 Å². The minimum Gasteiger partial charge on any atom is -0.446 e. The summed E-state index contributed by atoms with van der Waals surface area (Å²) in [5.41, 5.74) is 1.26.